The maximum atomic E-state index is 6.15. The quantitative estimate of drug-likeness (QED) is 0.707. The molecule has 0 atom stereocenters. The van der Waals surface area contributed by atoms with Crippen LogP contribution in [0.5, 0.6) is 0 Å². The fourth-order valence-electron chi connectivity index (χ4n) is 2.46. The zero-order valence-corrected chi connectivity index (χ0v) is 14.1. The summed E-state index contributed by atoms with van der Waals surface area (Å²) in [5, 5.41) is 4.28. The zero-order chi connectivity index (χ0) is 15.9. The minimum absolute atomic E-state index is 0.0613. The molecular formula is C18H20ClN3. The number of pyridine rings is 1. The van der Waals surface area contributed by atoms with Gasteiger partial charge in [-0.15, -0.1) is 0 Å². The predicted octanol–water partition coefficient (Wildman–Crippen LogP) is 5.17. The number of nitrogens with zero attached hydrogens (tertiary/aromatic N) is 2. The molecule has 0 fully saturated rings. The molecule has 0 amide bonds. The van der Waals surface area contributed by atoms with E-state index in [2.05, 4.69) is 55.7 Å². The molecule has 3 aromatic rings. The van der Waals surface area contributed by atoms with E-state index in [-0.39, 0.29) is 5.54 Å². The average Bonchev–Trinajstić information content (AvgIpc) is 2.74. The van der Waals surface area contributed by atoms with E-state index >= 15 is 0 Å². The van der Waals surface area contributed by atoms with Crippen LogP contribution in [0, 0.1) is 6.92 Å². The number of nitrogens with one attached hydrogen (secondary N) is 1. The molecule has 0 aliphatic rings. The van der Waals surface area contributed by atoms with Gasteiger partial charge in [-0.05, 0) is 57.5 Å². The molecule has 1 aromatic carbocycles. The van der Waals surface area contributed by atoms with Crippen LogP contribution < -0.4 is 5.32 Å². The highest BCUT2D eigenvalue weighted by Crippen LogP contribution is 2.32. The summed E-state index contributed by atoms with van der Waals surface area (Å²) in [4.78, 5) is 4.81. The van der Waals surface area contributed by atoms with E-state index < -0.39 is 0 Å². The van der Waals surface area contributed by atoms with Gasteiger partial charge in [-0.25, -0.2) is 4.98 Å². The lowest BCUT2D eigenvalue weighted by Gasteiger charge is -2.22. The summed E-state index contributed by atoms with van der Waals surface area (Å²) in [5.41, 5.74) is 4.00. The fourth-order valence-corrected chi connectivity index (χ4v) is 2.65. The highest BCUT2D eigenvalue weighted by Gasteiger charge is 2.19. The summed E-state index contributed by atoms with van der Waals surface area (Å²) in [6, 6.07) is 12.0. The molecule has 0 spiro atoms. The molecule has 114 valence electrons. The second-order valence-electron chi connectivity index (χ2n) is 6.63. The number of fused-ring (bicyclic) bond motifs is 1. The van der Waals surface area contributed by atoms with E-state index in [0.29, 0.717) is 5.02 Å². The molecular weight excluding hydrogens is 294 g/mol. The van der Waals surface area contributed by atoms with E-state index in [1.807, 2.05) is 24.3 Å². The topological polar surface area (TPSA) is 29.3 Å². The predicted molar refractivity (Wildman–Crippen MR) is 93.8 cm³/mol. The van der Waals surface area contributed by atoms with Gasteiger partial charge in [-0.2, -0.15) is 0 Å². The number of aromatic nitrogens is 2. The molecule has 2 heterocycles. The van der Waals surface area contributed by atoms with Crippen LogP contribution >= 0.6 is 11.6 Å². The van der Waals surface area contributed by atoms with Gasteiger partial charge >= 0.3 is 0 Å². The minimum atomic E-state index is -0.0613. The molecule has 0 unspecified atom stereocenters. The normalized spacial score (nSPS) is 11.9. The van der Waals surface area contributed by atoms with Gasteiger partial charge in [-0.3, -0.25) is 4.40 Å². The van der Waals surface area contributed by atoms with Gasteiger partial charge in [0.1, 0.15) is 17.2 Å². The number of imidazole rings is 1. The summed E-state index contributed by atoms with van der Waals surface area (Å²) >= 11 is 6.15. The Morgan fingerprint density at radius 3 is 2.59 bits per heavy atom. The Balaban J connectivity index is 2.25. The molecule has 2 aromatic heterocycles. The lowest BCUT2D eigenvalue weighted by atomic mass is 10.1. The van der Waals surface area contributed by atoms with Crippen molar-refractivity contribution in [2.24, 2.45) is 0 Å². The summed E-state index contributed by atoms with van der Waals surface area (Å²) in [6.45, 7) is 8.50. The first-order chi connectivity index (χ1) is 10.3. The molecule has 0 radical (unpaired) electrons. The van der Waals surface area contributed by atoms with Crippen LogP contribution in [0.3, 0.4) is 0 Å². The SMILES string of the molecule is Cc1ccn2c(NC(C)(C)C)c(-c3cccc(Cl)c3)nc2c1. The van der Waals surface area contributed by atoms with E-state index in [1.165, 1.54) is 5.56 Å². The molecule has 0 aliphatic carbocycles. The molecule has 3 nitrogen and oxygen atoms in total. The van der Waals surface area contributed by atoms with E-state index in [0.717, 1.165) is 22.7 Å². The monoisotopic (exact) mass is 313 g/mol. The Morgan fingerprint density at radius 2 is 1.91 bits per heavy atom. The number of aryl methyl sites for hydroxylation is 1. The Bertz CT molecular complexity index is 828. The lowest BCUT2D eigenvalue weighted by molar-refractivity contribution is 0.629. The number of hydrogen-bond acceptors (Lipinski definition) is 2. The number of halogens is 1. The van der Waals surface area contributed by atoms with E-state index in [4.69, 9.17) is 16.6 Å². The van der Waals surface area contributed by atoms with Gasteiger partial charge in [-0.1, -0.05) is 23.7 Å². The molecule has 0 saturated carbocycles. The second kappa shape index (κ2) is 5.33. The maximum Gasteiger partial charge on any atom is 0.139 e. The van der Waals surface area contributed by atoms with Crippen molar-refractivity contribution in [2.75, 3.05) is 5.32 Å². The van der Waals surface area contributed by atoms with Crippen LogP contribution in [0.25, 0.3) is 16.9 Å². The third-order valence-corrected chi connectivity index (χ3v) is 3.61. The Labute approximate surface area is 136 Å². The minimum Gasteiger partial charge on any atom is -0.365 e. The van der Waals surface area contributed by atoms with Crippen LogP contribution in [0.4, 0.5) is 5.82 Å². The Hall–Kier alpha value is -2.00. The number of rotatable bonds is 2. The van der Waals surface area contributed by atoms with Crippen LogP contribution in [-0.2, 0) is 0 Å². The van der Waals surface area contributed by atoms with Crippen molar-refractivity contribution in [1.82, 2.24) is 9.38 Å². The van der Waals surface area contributed by atoms with Crippen molar-refractivity contribution < 1.29 is 0 Å². The highest BCUT2D eigenvalue weighted by molar-refractivity contribution is 6.30. The van der Waals surface area contributed by atoms with Crippen molar-refractivity contribution in [3.8, 4) is 11.3 Å². The molecule has 0 bridgehead atoms. The summed E-state index contributed by atoms with van der Waals surface area (Å²) < 4.78 is 2.09. The Kier molecular flexibility index (Phi) is 3.61. The van der Waals surface area contributed by atoms with Gasteiger partial charge in [0.15, 0.2) is 0 Å². The standard InChI is InChI=1S/C18H20ClN3/c1-12-8-9-22-15(10-12)20-16(17(22)21-18(2,3)4)13-6-5-7-14(19)11-13/h5-11,21H,1-4H3. The summed E-state index contributed by atoms with van der Waals surface area (Å²) in [5.74, 6) is 0.991. The lowest BCUT2D eigenvalue weighted by Crippen LogP contribution is -2.27. The van der Waals surface area contributed by atoms with Crippen LogP contribution in [-0.4, -0.2) is 14.9 Å². The third-order valence-electron chi connectivity index (χ3n) is 3.37. The summed E-state index contributed by atoms with van der Waals surface area (Å²) in [6.07, 6.45) is 2.06. The van der Waals surface area contributed by atoms with Crippen molar-refractivity contribution in [2.45, 2.75) is 33.2 Å². The average molecular weight is 314 g/mol. The third kappa shape index (κ3) is 2.95. The summed E-state index contributed by atoms with van der Waals surface area (Å²) in [7, 11) is 0. The van der Waals surface area contributed by atoms with Gasteiger partial charge in [0.05, 0.1) is 0 Å². The number of benzene rings is 1. The number of anilines is 1. The van der Waals surface area contributed by atoms with Crippen molar-refractivity contribution >= 4 is 23.1 Å². The van der Waals surface area contributed by atoms with Gasteiger partial charge < -0.3 is 5.32 Å². The molecule has 3 rings (SSSR count). The molecule has 0 aliphatic heterocycles. The van der Waals surface area contributed by atoms with Crippen LogP contribution in [0.15, 0.2) is 42.6 Å². The first-order valence-corrected chi connectivity index (χ1v) is 7.74. The first kappa shape index (κ1) is 14.9. The van der Waals surface area contributed by atoms with Gasteiger partial charge in [0.25, 0.3) is 0 Å². The molecule has 0 saturated heterocycles. The zero-order valence-electron chi connectivity index (χ0n) is 13.3. The van der Waals surface area contributed by atoms with Gasteiger partial charge in [0, 0.05) is 22.3 Å². The van der Waals surface area contributed by atoms with Gasteiger partial charge in [0.2, 0.25) is 0 Å². The largest absolute Gasteiger partial charge is 0.365 e. The van der Waals surface area contributed by atoms with Crippen LogP contribution in [0.1, 0.15) is 26.3 Å². The molecule has 1 N–H and O–H groups in total. The van der Waals surface area contributed by atoms with Crippen LogP contribution in [0.2, 0.25) is 5.02 Å². The fraction of sp³-hybridized carbons (Fsp3) is 0.278. The Morgan fingerprint density at radius 1 is 1.14 bits per heavy atom. The second-order valence-corrected chi connectivity index (χ2v) is 7.06. The molecule has 22 heavy (non-hydrogen) atoms. The maximum absolute atomic E-state index is 6.15. The van der Waals surface area contributed by atoms with Crippen molar-refractivity contribution in [3.63, 3.8) is 0 Å². The van der Waals surface area contributed by atoms with Crippen molar-refractivity contribution in [1.29, 1.82) is 0 Å². The highest BCUT2D eigenvalue weighted by atomic mass is 35.5. The smallest absolute Gasteiger partial charge is 0.139 e. The number of hydrogen-bond donors (Lipinski definition) is 1. The first-order valence-electron chi connectivity index (χ1n) is 7.36. The van der Waals surface area contributed by atoms with E-state index in [9.17, 15) is 0 Å². The van der Waals surface area contributed by atoms with E-state index in [1.54, 1.807) is 0 Å². The molecule has 4 heteroatoms. The van der Waals surface area contributed by atoms with Crippen molar-refractivity contribution in [3.05, 3.63) is 53.2 Å².